The van der Waals surface area contributed by atoms with Gasteiger partial charge in [-0.3, -0.25) is 0 Å². The topological polar surface area (TPSA) is 43.0 Å². The van der Waals surface area contributed by atoms with Crippen molar-refractivity contribution < 1.29 is 14.2 Å². The molecule has 3 rings (SSSR count). The van der Waals surface area contributed by atoms with E-state index in [1.165, 1.54) is 31.4 Å². The molecule has 5 nitrogen and oxygen atoms in total. The van der Waals surface area contributed by atoms with E-state index >= 15 is 0 Å². The van der Waals surface area contributed by atoms with Gasteiger partial charge in [0.2, 0.25) is 5.75 Å². The number of piperidine rings is 1. The molecule has 0 bridgehead atoms. The summed E-state index contributed by atoms with van der Waals surface area (Å²) in [7, 11) is 7.23. The third-order valence-corrected chi connectivity index (χ3v) is 5.23. The highest BCUT2D eigenvalue weighted by molar-refractivity contribution is 5.55. The van der Waals surface area contributed by atoms with Crippen LogP contribution in [0.25, 0.3) is 0 Å². The van der Waals surface area contributed by atoms with Gasteiger partial charge in [0.05, 0.1) is 21.3 Å². The standard InChI is InChI=1S/C19H30N2O3/c1-21-10-9-16(20-15-6-7-15)14(12-21)11-13-5-8-17(22-2)19(24-4)18(13)23-3/h5,8,14-16,20H,6-7,9-12H2,1-4H3/t14-,16+/m1/s1. The number of rotatable bonds is 7. The van der Waals surface area contributed by atoms with E-state index in [2.05, 4.69) is 23.3 Å². The van der Waals surface area contributed by atoms with Gasteiger partial charge in [-0.1, -0.05) is 6.07 Å². The molecule has 2 atom stereocenters. The maximum Gasteiger partial charge on any atom is 0.203 e. The summed E-state index contributed by atoms with van der Waals surface area (Å²) in [4.78, 5) is 2.43. The molecule has 1 aliphatic heterocycles. The van der Waals surface area contributed by atoms with Crippen molar-refractivity contribution in [2.75, 3.05) is 41.5 Å². The van der Waals surface area contributed by atoms with Crippen LogP contribution in [0.2, 0.25) is 0 Å². The molecular formula is C19H30N2O3. The molecular weight excluding hydrogens is 304 g/mol. The molecule has 1 aromatic rings. The molecule has 5 heteroatoms. The quantitative estimate of drug-likeness (QED) is 0.829. The zero-order valence-electron chi connectivity index (χ0n) is 15.3. The van der Waals surface area contributed by atoms with E-state index in [0.29, 0.717) is 23.5 Å². The highest BCUT2D eigenvalue weighted by Crippen LogP contribution is 2.41. The number of ether oxygens (including phenoxy) is 3. The van der Waals surface area contributed by atoms with Gasteiger partial charge in [0, 0.05) is 18.6 Å². The van der Waals surface area contributed by atoms with Crippen LogP contribution in [0.15, 0.2) is 12.1 Å². The monoisotopic (exact) mass is 334 g/mol. The van der Waals surface area contributed by atoms with Gasteiger partial charge in [-0.15, -0.1) is 0 Å². The zero-order valence-corrected chi connectivity index (χ0v) is 15.3. The van der Waals surface area contributed by atoms with Crippen LogP contribution in [0.4, 0.5) is 0 Å². The van der Waals surface area contributed by atoms with Crippen molar-refractivity contribution in [3.8, 4) is 17.2 Å². The van der Waals surface area contributed by atoms with Gasteiger partial charge < -0.3 is 24.4 Å². The van der Waals surface area contributed by atoms with Gasteiger partial charge in [-0.05, 0) is 56.8 Å². The average molecular weight is 334 g/mol. The lowest BCUT2D eigenvalue weighted by molar-refractivity contribution is 0.161. The third kappa shape index (κ3) is 3.78. The van der Waals surface area contributed by atoms with Gasteiger partial charge in [-0.2, -0.15) is 0 Å². The minimum absolute atomic E-state index is 0.580. The molecule has 24 heavy (non-hydrogen) atoms. The zero-order chi connectivity index (χ0) is 17.1. The first-order valence-electron chi connectivity index (χ1n) is 8.88. The van der Waals surface area contributed by atoms with Crippen LogP contribution >= 0.6 is 0 Å². The molecule has 1 saturated heterocycles. The first-order valence-corrected chi connectivity index (χ1v) is 8.88. The van der Waals surface area contributed by atoms with E-state index in [1.807, 2.05) is 6.07 Å². The van der Waals surface area contributed by atoms with Crippen LogP contribution in [0.1, 0.15) is 24.8 Å². The van der Waals surface area contributed by atoms with Crippen LogP contribution in [0.5, 0.6) is 17.2 Å². The minimum Gasteiger partial charge on any atom is -0.493 e. The van der Waals surface area contributed by atoms with E-state index in [1.54, 1.807) is 21.3 Å². The summed E-state index contributed by atoms with van der Waals surface area (Å²) in [6.07, 6.45) is 4.86. The number of nitrogens with zero attached hydrogens (tertiary/aromatic N) is 1. The molecule has 1 aliphatic carbocycles. The number of likely N-dealkylation sites (tertiary alicyclic amines) is 1. The molecule has 1 saturated carbocycles. The van der Waals surface area contributed by atoms with Crippen molar-refractivity contribution in [2.24, 2.45) is 5.92 Å². The average Bonchev–Trinajstić information content (AvgIpc) is 3.40. The Kier molecular flexibility index (Phi) is 5.51. The SMILES string of the molecule is COc1ccc(C[C@@H]2CN(C)CC[C@@H]2NC2CC2)c(OC)c1OC. The molecule has 2 fully saturated rings. The van der Waals surface area contributed by atoms with Crippen molar-refractivity contribution in [3.63, 3.8) is 0 Å². The molecule has 134 valence electrons. The van der Waals surface area contributed by atoms with Crippen LogP contribution in [0, 0.1) is 5.92 Å². The van der Waals surface area contributed by atoms with E-state index in [-0.39, 0.29) is 0 Å². The minimum atomic E-state index is 0.580. The number of hydrogen-bond acceptors (Lipinski definition) is 5. The summed E-state index contributed by atoms with van der Waals surface area (Å²) in [6.45, 7) is 2.28. The fraction of sp³-hybridized carbons (Fsp3) is 0.684. The van der Waals surface area contributed by atoms with Gasteiger partial charge in [0.25, 0.3) is 0 Å². The van der Waals surface area contributed by atoms with E-state index in [0.717, 1.165) is 24.8 Å². The highest BCUT2D eigenvalue weighted by atomic mass is 16.5. The lowest BCUT2D eigenvalue weighted by Gasteiger charge is -2.38. The van der Waals surface area contributed by atoms with Gasteiger partial charge in [-0.25, -0.2) is 0 Å². The predicted octanol–water partition coefficient (Wildman–Crippen LogP) is 2.33. The van der Waals surface area contributed by atoms with Crippen molar-refractivity contribution >= 4 is 0 Å². The molecule has 0 spiro atoms. The number of nitrogens with one attached hydrogen (secondary N) is 1. The van der Waals surface area contributed by atoms with Crippen LogP contribution in [-0.4, -0.2) is 58.5 Å². The van der Waals surface area contributed by atoms with Crippen LogP contribution in [0.3, 0.4) is 0 Å². The Balaban J connectivity index is 1.81. The lowest BCUT2D eigenvalue weighted by atomic mass is 9.86. The molecule has 0 unspecified atom stereocenters. The molecule has 1 aromatic carbocycles. The fourth-order valence-electron chi connectivity index (χ4n) is 3.80. The molecule has 0 aromatic heterocycles. The highest BCUT2D eigenvalue weighted by Gasteiger charge is 2.33. The maximum absolute atomic E-state index is 5.67. The van der Waals surface area contributed by atoms with Crippen molar-refractivity contribution in [3.05, 3.63) is 17.7 Å². The number of methoxy groups -OCH3 is 3. The smallest absolute Gasteiger partial charge is 0.203 e. The Morgan fingerprint density at radius 1 is 1.04 bits per heavy atom. The second-order valence-electron chi connectivity index (χ2n) is 7.06. The summed E-state index contributed by atoms with van der Waals surface area (Å²) in [5.74, 6) is 2.78. The normalized spacial score (nSPS) is 24.7. The van der Waals surface area contributed by atoms with Crippen molar-refractivity contribution in [1.82, 2.24) is 10.2 Å². The summed E-state index contributed by atoms with van der Waals surface area (Å²) in [5.41, 5.74) is 1.19. The Labute approximate surface area is 145 Å². The summed E-state index contributed by atoms with van der Waals surface area (Å²) in [6, 6.07) is 5.43. The van der Waals surface area contributed by atoms with Gasteiger partial charge in [0.1, 0.15) is 0 Å². The van der Waals surface area contributed by atoms with E-state index in [9.17, 15) is 0 Å². The fourth-order valence-corrected chi connectivity index (χ4v) is 3.80. The van der Waals surface area contributed by atoms with Crippen LogP contribution < -0.4 is 19.5 Å². The molecule has 2 aliphatic rings. The van der Waals surface area contributed by atoms with Crippen molar-refractivity contribution in [2.45, 2.75) is 37.8 Å². The van der Waals surface area contributed by atoms with E-state index < -0.39 is 0 Å². The summed E-state index contributed by atoms with van der Waals surface area (Å²) < 4.78 is 16.6. The summed E-state index contributed by atoms with van der Waals surface area (Å²) >= 11 is 0. The third-order valence-electron chi connectivity index (χ3n) is 5.23. The first-order chi connectivity index (χ1) is 11.7. The Morgan fingerprint density at radius 2 is 1.79 bits per heavy atom. The molecule has 1 N–H and O–H groups in total. The second-order valence-corrected chi connectivity index (χ2v) is 7.06. The first kappa shape index (κ1) is 17.4. The largest absolute Gasteiger partial charge is 0.493 e. The number of hydrogen-bond donors (Lipinski definition) is 1. The molecule has 0 amide bonds. The van der Waals surface area contributed by atoms with Crippen molar-refractivity contribution in [1.29, 1.82) is 0 Å². The van der Waals surface area contributed by atoms with E-state index in [4.69, 9.17) is 14.2 Å². The van der Waals surface area contributed by atoms with Gasteiger partial charge in [0.15, 0.2) is 11.5 Å². The van der Waals surface area contributed by atoms with Gasteiger partial charge >= 0.3 is 0 Å². The Bertz CT molecular complexity index is 560. The molecule has 1 heterocycles. The molecule has 0 radical (unpaired) electrons. The second kappa shape index (κ2) is 7.62. The lowest BCUT2D eigenvalue weighted by Crippen LogP contribution is -2.49. The van der Waals surface area contributed by atoms with Crippen LogP contribution in [-0.2, 0) is 6.42 Å². The maximum atomic E-state index is 5.67. The Morgan fingerprint density at radius 3 is 2.42 bits per heavy atom. The predicted molar refractivity (Wildman–Crippen MR) is 95.4 cm³/mol. The summed E-state index contributed by atoms with van der Waals surface area (Å²) in [5, 5.41) is 3.85. The Hall–Kier alpha value is -1.46. The number of benzene rings is 1.